The molecule has 1 amide bonds. The highest BCUT2D eigenvalue weighted by molar-refractivity contribution is 5.77. The number of aromatic nitrogens is 2. The zero-order valence-corrected chi connectivity index (χ0v) is 16.8. The van der Waals surface area contributed by atoms with E-state index < -0.39 is 0 Å². The Labute approximate surface area is 161 Å². The summed E-state index contributed by atoms with van der Waals surface area (Å²) in [6, 6.07) is 3.75. The van der Waals surface area contributed by atoms with Crippen molar-refractivity contribution in [2.45, 2.75) is 58.0 Å². The van der Waals surface area contributed by atoms with Crippen molar-refractivity contribution in [1.29, 1.82) is 0 Å². The third kappa shape index (κ3) is 5.17. The van der Waals surface area contributed by atoms with Crippen LogP contribution in [0.3, 0.4) is 0 Å². The van der Waals surface area contributed by atoms with Gasteiger partial charge in [-0.05, 0) is 31.9 Å². The van der Waals surface area contributed by atoms with E-state index in [9.17, 15) is 9.59 Å². The first-order valence-corrected chi connectivity index (χ1v) is 10.0. The Morgan fingerprint density at radius 2 is 1.96 bits per heavy atom. The molecule has 0 aromatic carbocycles. The van der Waals surface area contributed by atoms with E-state index in [1.54, 1.807) is 10.7 Å². The van der Waals surface area contributed by atoms with Gasteiger partial charge < -0.3 is 9.64 Å². The number of rotatable bonds is 5. The van der Waals surface area contributed by atoms with Gasteiger partial charge >= 0.3 is 0 Å². The predicted octanol–water partition coefficient (Wildman–Crippen LogP) is 1.25. The molecule has 1 unspecified atom stereocenters. The fourth-order valence-corrected chi connectivity index (χ4v) is 3.79. The molecular weight excluding hydrogens is 344 g/mol. The molecule has 2 saturated heterocycles. The molecule has 2 fully saturated rings. The van der Waals surface area contributed by atoms with Crippen LogP contribution in [0.2, 0.25) is 0 Å². The third-order valence-electron chi connectivity index (χ3n) is 5.47. The summed E-state index contributed by atoms with van der Waals surface area (Å²) in [5, 5.41) is 4.61. The van der Waals surface area contributed by atoms with Crippen LogP contribution < -0.4 is 5.56 Å². The molecule has 1 atom stereocenters. The second-order valence-corrected chi connectivity index (χ2v) is 8.61. The van der Waals surface area contributed by atoms with E-state index in [-0.39, 0.29) is 23.5 Å². The molecule has 0 bridgehead atoms. The van der Waals surface area contributed by atoms with Crippen molar-refractivity contribution in [2.24, 2.45) is 0 Å². The molecular formula is C20H32N4O3. The smallest absolute Gasteiger partial charge is 0.266 e. The van der Waals surface area contributed by atoms with E-state index in [0.29, 0.717) is 19.2 Å². The Balaban J connectivity index is 1.63. The number of amides is 1. The van der Waals surface area contributed by atoms with Crippen molar-refractivity contribution in [3.63, 3.8) is 0 Å². The summed E-state index contributed by atoms with van der Waals surface area (Å²) in [6.45, 7) is 11.1. The summed E-state index contributed by atoms with van der Waals surface area (Å²) >= 11 is 0. The van der Waals surface area contributed by atoms with Crippen molar-refractivity contribution in [3.05, 3.63) is 28.2 Å². The van der Waals surface area contributed by atoms with E-state index in [1.807, 2.05) is 11.0 Å². The number of likely N-dealkylation sites (tertiary alicyclic amines) is 1. The Morgan fingerprint density at radius 1 is 1.15 bits per heavy atom. The fraction of sp³-hybridized carbons (Fsp3) is 0.750. The Kier molecular flexibility index (Phi) is 6.32. The molecule has 2 aliphatic rings. The van der Waals surface area contributed by atoms with Crippen LogP contribution in [-0.2, 0) is 21.5 Å². The first kappa shape index (κ1) is 20.0. The highest BCUT2D eigenvalue weighted by Crippen LogP contribution is 2.20. The molecule has 7 heteroatoms. The maximum absolute atomic E-state index is 12.3. The van der Waals surface area contributed by atoms with Crippen LogP contribution in [-0.4, -0.2) is 70.9 Å². The Bertz CT molecular complexity index is 710. The largest absolute Gasteiger partial charge is 0.372 e. The normalized spacial score (nSPS) is 22.3. The second-order valence-electron chi connectivity index (χ2n) is 8.61. The molecule has 0 saturated carbocycles. The lowest BCUT2D eigenvalue weighted by molar-refractivity contribution is -0.134. The van der Waals surface area contributed by atoms with Crippen molar-refractivity contribution in [1.82, 2.24) is 19.6 Å². The van der Waals surface area contributed by atoms with Crippen LogP contribution in [0.4, 0.5) is 0 Å². The minimum absolute atomic E-state index is 0.0466. The predicted molar refractivity (Wildman–Crippen MR) is 104 cm³/mol. The van der Waals surface area contributed by atoms with Crippen molar-refractivity contribution in [2.75, 3.05) is 39.4 Å². The quantitative estimate of drug-likeness (QED) is 0.774. The van der Waals surface area contributed by atoms with E-state index in [0.717, 1.165) is 51.1 Å². The summed E-state index contributed by atoms with van der Waals surface area (Å²) in [6.07, 6.45) is 3.08. The molecule has 7 nitrogen and oxygen atoms in total. The van der Waals surface area contributed by atoms with Gasteiger partial charge in [-0.25, -0.2) is 4.68 Å². The summed E-state index contributed by atoms with van der Waals surface area (Å²) in [7, 11) is 0. The summed E-state index contributed by atoms with van der Waals surface area (Å²) in [5.41, 5.74) is 0.802. The number of carbonyl (C=O) groups excluding carboxylic acids is 1. The lowest BCUT2D eigenvalue weighted by Crippen LogP contribution is -2.43. The maximum atomic E-state index is 12.3. The lowest BCUT2D eigenvalue weighted by Gasteiger charge is -2.28. The van der Waals surface area contributed by atoms with Gasteiger partial charge in [0.15, 0.2) is 0 Å². The van der Waals surface area contributed by atoms with Gasteiger partial charge in [0.1, 0.15) is 6.61 Å². The lowest BCUT2D eigenvalue weighted by atomic mass is 9.92. The van der Waals surface area contributed by atoms with Crippen molar-refractivity contribution >= 4 is 5.91 Å². The van der Waals surface area contributed by atoms with Crippen LogP contribution in [0, 0.1) is 0 Å². The summed E-state index contributed by atoms with van der Waals surface area (Å²) < 4.78 is 6.93. The van der Waals surface area contributed by atoms with Gasteiger partial charge in [0.05, 0.1) is 12.2 Å². The minimum Gasteiger partial charge on any atom is -0.372 e. The number of ether oxygens (including phenoxy) is 1. The van der Waals surface area contributed by atoms with E-state index >= 15 is 0 Å². The van der Waals surface area contributed by atoms with Crippen molar-refractivity contribution < 1.29 is 9.53 Å². The van der Waals surface area contributed by atoms with E-state index in [2.05, 4.69) is 30.8 Å². The van der Waals surface area contributed by atoms with Gasteiger partial charge in [-0.15, -0.1) is 0 Å². The molecule has 0 spiro atoms. The topological polar surface area (TPSA) is 67.7 Å². The van der Waals surface area contributed by atoms with Gasteiger partial charge in [0, 0.05) is 43.8 Å². The molecule has 2 aliphatic heterocycles. The molecule has 1 aromatic rings. The van der Waals surface area contributed by atoms with Gasteiger partial charge in [0.2, 0.25) is 5.91 Å². The second kappa shape index (κ2) is 8.52. The van der Waals surface area contributed by atoms with Gasteiger partial charge in [-0.2, -0.15) is 5.10 Å². The molecule has 27 heavy (non-hydrogen) atoms. The molecule has 3 heterocycles. The molecule has 3 rings (SSSR count). The molecule has 0 radical (unpaired) electrons. The number of hydrogen-bond donors (Lipinski definition) is 0. The zero-order valence-electron chi connectivity index (χ0n) is 16.8. The first-order valence-electron chi connectivity index (χ1n) is 10.0. The zero-order chi connectivity index (χ0) is 19.4. The average Bonchev–Trinajstić information content (AvgIpc) is 2.94. The monoisotopic (exact) mass is 376 g/mol. The van der Waals surface area contributed by atoms with Crippen LogP contribution in [0.15, 0.2) is 16.9 Å². The minimum atomic E-state index is -0.0833. The number of nitrogens with zero attached hydrogens (tertiary/aromatic N) is 4. The summed E-state index contributed by atoms with van der Waals surface area (Å²) in [4.78, 5) is 28.7. The number of hydrogen-bond acceptors (Lipinski definition) is 5. The van der Waals surface area contributed by atoms with Crippen LogP contribution >= 0.6 is 0 Å². The first-order chi connectivity index (χ1) is 12.8. The SMILES string of the molecule is CC(C)(C)c1ccc(=O)n(CC2CCCN2CCN2CCCOCC2=O)n1. The highest BCUT2D eigenvalue weighted by Gasteiger charge is 2.27. The molecule has 0 N–H and O–H groups in total. The highest BCUT2D eigenvalue weighted by atomic mass is 16.5. The molecule has 0 aliphatic carbocycles. The maximum Gasteiger partial charge on any atom is 0.266 e. The van der Waals surface area contributed by atoms with Gasteiger partial charge in [0.25, 0.3) is 5.56 Å². The summed E-state index contributed by atoms with van der Waals surface area (Å²) in [5.74, 6) is 0.0824. The fourth-order valence-electron chi connectivity index (χ4n) is 3.79. The van der Waals surface area contributed by atoms with E-state index in [1.165, 1.54) is 0 Å². The Morgan fingerprint density at radius 3 is 2.74 bits per heavy atom. The van der Waals surface area contributed by atoms with Crippen LogP contribution in [0.25, 0.3) is 0 Å². The van der Waals surface area contributed by atoms with Crippen LogP contribution in [0.1, 0.15) is 45.7 Å². The Hall–Kier alpha value is -1.73. The average molecular weight is 377 g/mol. The molecule has 150 valence electrons. The molecule has 1 aromatic heterocycles. The van der Waals surface area contributed by atoms with Gasteiger partial charge in [-0.1, -0.05) is 20.8 Å². The number of carbonyl (C=O) groups is 1. The van der Waals surface area contributed by atoms with Gasteiger partial charge in [-0.3, -0.25) is 14.5 Å². The third-order valence-corrected chi connectivity index (χ3v) is 5.47. The van der Waals surface area contributed by atoms with Crippen molar-refractivity contribution in [3.8, 4) is 0 Å². The van der Waals surface area contributed by atoms with Crippen LogP contribution in [0.5, 0.6) is 0 Å². The van der Waals surface area contributed by atoms with E-state index in [4.69, 9.17) is 4.74 Å². The standard InChI is InChI=1S/C20H32N4O3/c1-20(2,3)17-7-8-18(25)24(21-17)14-16-6-4-9-22(16)11-12-23-10-5-13-27-15-19(23)26/h7-8,16H,4-6,9-15H2,1-3H3.